The summed E-state index contributed by atoms with van der Waals surface area (Å²) in [5.74, 6) is -1.34. The van der Waals surface area contributed by atoms with Crippen LogP contribution in [0.5, 0.6) is 0 Å². The van der Waals surface area contributed by atoms with Crippen molar-refractivity contribution in [3.05, 3.63) is 45.9 Å². The summed E-state index contributed by atoms with van der Waals surface area (Å²) in [5, 5.41) is 14.2. The molecule has 19 heavy (non-hydrogen) atoms. The number of nitrogens with one attached hydrogen (secondary N) is 1. The van der Waals surface area contributed by atoms with Crippen LogP contribution in [0.15, 0.2) is 29.6 Å². The highest BCUT2D eigenvalue weighted by Gasteiger charge is 2.12. The molecule has 0 unspecified atom stereocenters. The van der Waals surface area contributed by atoms with E-state index in [2.05, 4.69) is 10.3 Å². The molecule has 0 saturated carbocycles. The van der Waals surface area contributed by atoms with Crippen molar-refractivity contribution in [3.63, 3.8) is 0 Å². The number of benzene rings is 1. The van der Waals surface area contributed by atoms with Crippen molar-refractivity contribution in [2.75, 3.05) is 5.32 Å². The Labute approximate surface area is 113 Å². The molecule has 0 saturated heterocycles. The summed E-state index contributed by atoms with van der Waals surface area (Å²) in [7, 11) is 0. The Hall–Kier alpha value is -2.21. The quantitative estimate of drug-likeness (QED) is 0.898. The third-order valence-electron chi connectivity index (χ3n) is 2.41. The molecule has 0 aliphatic rings. The van der Waals surface area contributed by atoms with Gasteiger partial charge in [-0.2, -0.15) is 0 Å². The summed E-state index contributed by atoms with van der Waals surface area (Å²) in [6.07, 6.45) is 0.145. The lowest BCUT2D eigenvalue weighted by Gasteiger charge is -2.07. The van der Waals surface area contributed by atoms with Gasteiger partial charge < -0.3 is 10.4 Å². The number of hydrogen-bond acceptors (Lipinski definition) is 4. The molecule has 1 aromatic carbocycles. The molecule has 98 valence electrons. The first-order valence-electron chi connectivity index (χ1n) is 5.59. The van der Waals surface area contributed by atoms with Crippen molar-refractivity contribution in [2.45, 2.75) is 13.3 Å². The molecular formula is C13H12N2O3S. The second-order valence-corrected chi connectivity index (χ2v) is 4.90. The Bertz CT molecular complexity index is 622. The molecule has 2 aromatic rings. The maximum absolute atomic E-state index is 11.8. The lowest BCUT2D eigenvalue weighted by Crippen LogP contribution is -2.16. The van der Waals surface area contributed by atoms with E-state index in [-0.39, 0.29) is 17.9 Å². The van der Waals surface area contributed by atoms with E-state index in [9.17, 15) is 9.59 Å². The standard InChI is InChI=1S/C13H12N2O3S/c1-8-7-19-12(14-8)6-11(16)15-10-5-3-2-4-9(10)13(17)18/h2-5,7H,6H2,1H3,(H,15,16)(H,17,18). The van der Waals surface area contributed by atoms with Crippen LogP contribution < -0.4 is 5.32 Å². The van der Waals surface area contributed by atoms with Crippen LogP contribution in [0, 0.1) is 6.92 Å². The monoisotopic (exact) mass is 276 g/mol. The van der Waals surface area contributed by atoms with Crippen molar-refractivity contribution >= 4 is 28.9 Å². The van der Waals surface area contributed by atoms with Crippen LogP contribution in [0.3, 0.4) is 0 Å². The van der Waals surface area contributed by atoms with Gasteiger partial charge in [0.25, 0.3) is 0 Å². The Morgan fingerprint density at radius 3 is 2.74 bits per heavy atom. The number of amides is 1. The second-order valence-electron chi connectivity index (χ2n) is 3.96. The maximum atomic E-state index is 11.8. The van der Waals surface area contributed by atoms with Gasteiger partial charge in [-0.3, -0.25) is 4.79 Å². The van der Waals surface area contributed by atoms with Gasteiger partial charge in [-0.1, -0.05) is 12.1 Å². The zero-order valence-corrected chi connectivity index (χ0v) is 11.0. The van der Waals surface area contributed by atoms with Crippen LogP contribution in [0.4, 0.5) is 5.69 Å². The van der Waals surface area contributed by atoms with Gasteiger partial charge in [0.2, 0.25) is 5.91 Å². The van der Waals surface area contributed by atoms with E-state index < -0.39 is 5.97 Å². The van der Waals surface area contributed by atoms with Crippen LogP contribution in [0.25, 0.3) is 0 Å². The van der Waals surface area contributed by atoms with Gasteiger partial charge in [0.1, 0.15) is 5.01 Å². The Balaban J connectivity index is 2.09. The van der Waals surface area contributed by atoms with Crippen molar-refractivity contribution in [1.82, 2.24) is 4.98 Å². The van der Waals surface area contributed by atoms with Crippen molar-refractivity contribution in [1.29, 1.82) is 0 Å². The third kappa shape index (κ3) is 3.38. The number of anilines is 1. The molecule has 2 rings (SSSR count). The number of nitrogens with zero attached hydrogens (tertiary/aromatic N) is 1. The normalized spacial score (nSPS) is 10.2. The molecule has 6 heteroatoms. The van der Waals surface area contributed by atoms with Gasteiger partial charge in [-0.05, 0) is 19.1 Å². The van der Waals surface area contributed by atoms with Crippen molar-refractivity contribution in [3.8, 4) is 0 Å². The summed E-state index contributed by atoms with van der Waals surface area (Å²) >= 11 is 1.41. The van der Waals surface area contributed by atoms with E-state index in [1.165, 1.54) is 17.4 Å². The average molecular weight is 276 g/mol. The number of carboxylic acids is 1. The molecule has 0 bridgehead atoms. The largest absolute Gasteiger partial charge is 0.478 e. The number of thiazole rings is 1. The maximum Gasteiger partial charge on any atom is 0.337 e. The van der Waals surface area contributed by atoms with Crippen LogP contribution in [-0.4, -0.2) is 22.0 Å². The van der Waals surface area contributed by atoms with Gasteiger partial charge in [-0.15, -0.1) is 11.3 Å². The Kier molecular flexibility index (Phi) is 3.91. The van der Waals surface area contributed by atoms with E-state index in [0.717, 1.165) is 5.69 Å². The Morgan fingerprint density at radius 1 is 1.37 bits per heavy atom. The summed E-state index contributed by atoms with van der Waals surface area (Å²) in [5.41, 5.74) is 1.25. The third-order valence-corrected chi connectivity index (χ3v) is 3.38. The second kappa shape index (κ2) is 5.62. The van der Waals surface area contributed by atoms with E-state index in [1.807, 2.05) is 12.3 Å². The number of aromatic nitrogens is 1. The number of carbonyl (C=O) groups is 2. The van der Waals surface area contributed by atoms with Crippen LogP contribution in [0.1, 0.15) is 21.1 Å². The lowest BCUT2D eigenvalue weighted by molar-refractivity contribution is -0.115. The summed E-state index contributed by atoms with van der Waals surface area (Å²) < 4.78 is 0. The number of carbonyl (C=O) groups excluding carboxylic acids is 1. The molecule has 2 N–H and O–H groups in total. The smallest absolute Gasteiger partial charge is 0.337 e. The molecule has 0 atom stereocenters. The number of aryl methyl sites for hydroxylation is 1. The zero-order valence-electron chi connectivity index (χ0n) is 10.2. The van der Waals surface area contributed by atoms with E-state index in [1.54, 1.807) is 18.2 Å². The highest BCUT2D eigenvalue weighted by Crippen LogP contribution is 2.16. The van der Waals surface area contributed by atoms with Crippen LogP contribution >= 0.6 is 11.3 Å². The molecule has 1 amide bonds. The molecule has 5 nitrogen and oxygen atoms in total. The SMILES string of the molecule is Cc1csc(CC(=O)Nc2ccccc2C(=O)O)n1. The van der Waals surface area contributed by atoms with Gasteiger partial charge in [0, 0.05) is 11.1 Å². The number of hydrogen-bond donors (Lipinski definition) is 2. The minimum absolute atomic E-state index is 0.0752. The van der Waals surface area contributed by atoms with Gasteiger partial charge in [0.05, 0.1) is 17.7 Å². The fourth-order valence-corrected chi connectivity index (χ4v) is 2.36. The molecule has 0 radical (unpaired) electrons. The first kappa shape index (κ1) is 13.2. The Morgan fingerprint density at radius 2 is 2.11 bits per heavy atom. The fourth-order valence-electron chi connectivity index (χ4n) is 1.59. The molecule has 0 aliphatic carbocycles. The number of aromatic carboxylic acids is 1. The topological polar surface area (TPSA) is 79.3 Å². The van der Waals surface area contributed by atoms with Gasteiger partial charge in [0.15, 0.2) is 0 Å². The number of rotatable bonds is 4. The summed E-state index contributed by atoms with van der Waals surface area (Å²) in [6.45, 7) is 1.86. The lowest BCUT2D eigenvalue weighted by atomic mass is 10.2. The van der Waals surface area contributed by atoms with Gasteiger partial charge >= 0.3 is 5.97 Å². The minimum Gasteiger partial charge on any atom is -0.478 e. The van der Waals surface area contributed by atoms with E-state index in [4.69, 9.17) is 5.11 Å². The highest BCUT2D eigenvalue weighted by atomic mass is 32.1. The zero-order chi connectivity index (χ0) is 13.8. The first-order chi connectivity index (χ1) is 9.06. The molecule has 0 aliphatic heterocycles. The van der Waals surface area contributed by atoms with Crippen LogP contribution in [0.2, 0.25) is 0 Å². The highest BCUT2D eigenvalue weighted by molar-refractivity contribution is 7.09. The molecule has 0 spiro atoms. The molecule has 1 heterocycles. The first-order valence-corrected chi connectivity index (χ1v) is 6.47. The number of carboxylic acid groups (broad SMARTS) is 1. The summed E-state index contributed by atoms with van der Waals surface area (Å²) in [6, 6.07) is 6.30. The molecule has 1 aromatic heterocycles. The average Bonchev–Trinajstić information content (AvgIpc) is 2.75. The molecular weight excluding hydrogens is 264 g/mol. The minimum atomic E-state index is -1.07. The predicted molar refractivity (Wildman–Crippen MR) is 72.6 cm³/mol. The predicted octanol–water partition coefficient (Wildman–Crippen LogP) is 2.33. The fraction of sp³-hybridized carbons (Fsp3) is 0.154. The number of para-hydroxylation sites is 1. The van der Waals surface area contributed by atoms with Crippen molar-refractivity contribution < 1.29 is 14.7 Å². The van der Waals surface area contributed by atoms with E-state index in [0.29, 0.717) is 10.7 Å². The van der Waals surface area contributed by atoms with Crippen molar-refractivity contribution in [2.24, 2.45) is 0 Å². The molecule has 0 fully saturated rings. The summed E-state index contributed by atoms with van der Waals surface area (Å²) in [4.78, 5) is 27.0. The van der Waals surface area contributed by atoms with E-state index >= 15 is 0 Å². The van der Waals surface area contributed by atoms with Gasteiger partial charge in [-0.25, -0.2) is 9.78 Å². The van der Waals surface area contributed by atoms with Crippen LogP contribution in [-0.2, 0) is 11.2 Å².